The first-order valence-corrected chi connectivity index (χ1v) is 8.52. The molecule has 0 unspecified atom stereocenters. The maximum Gasteiger partial charge on any atom is 0.256 e. The lowest BCUT2D eigenvalue weighted by Gasteiger charge is -2.42. The van der Waals surface area contributed by atoms with Gasteiger partial charge in [-0.3, -0.25) is 9.59 Å². The van der Waals surface area contributed by atoms with E-state index in [4.69, 9.17) is 4.74 Å². The van der Waals surface area contributed by atoms with Gasteiger partial charge in [0.05, 0.1) is 30.1 Å². The molecule has 1 aromatic heterocycles. The smallest absolute Gasteiger partial charge is 0.256 e. The molecule has 1 spiro atoms. The highest BCUT2D eigenvalue weighted by Gasteiger charge is 2.61. The van der Waals surface area contributed by atoms with Crippen molar-refractivity contribution in [3.05, 3.63) is 36.0 Å². The quantitative estimate of drug-likeness (QED) is 0.868. The molecule has 0 radical (unpaired) electrons. The largest absolute Gasteiger partial charge is 0.361 e. The zero-order valence-electron chi connectivity index (χ0n) is 13.3. The molecule has 124 valence electrons. The number of benzene rings is 1. The number of hydrogen-bond donors (Lipinski definition) is 1. The maximum atomic E-state index is 13.2. The van der Waals surface area contributed by atoms with Gasteiger partial charge in [-0.2, -0.15) is 0 Å². The molecule has 5 rings (SSSR count). The molecule has 3 fully saturated rings. The van der Waals surface area contributed by atoms with Crippen molar-refractivity contribution in [2.45, 2.75) is 31.0 Å². The lowest BCUT2D eigenvalue weighted by molar-refractivity contribution is -0.179. The van der Waals surface area contributed by atoms with E-state index in [-0.39, 0.29) is 17.9 Å². The second kappa shape index (κ2) is 4.83. The van der Waals surface area contributed by atoms with Crippen LogP contribution in [0.2, 0.25) is 0 Å². The van der Waals surface area contributed by atoms with Crippen molar-refractivity contribution in [3.8, 4) is 0 Å². The number of carbonyl (C=O) groups excluding carboxylic acids is 2. The summed E-state index contributed by atoms with van der Waals surface area (Å²) in [5, 5.41) is 1.02. The van der Waals surface area contributed by atoms with Gasteiger partial charge in [-0.1, -0.05) is 12.1 Å². The van der Waals surface area contributed by atoms with Gasteiger partial charge >= 0.3 is 0 Å². The summed E-state index contributed by atoms with van der Waals surface area (Å²) >= 11 is 0. The van der Waals surface area contributed by atoms with Crippen LogP contribution in [0.5, 0.6) is 0 Å². The predicted octanol–water partition coefficient (Wildman–Crippen LogP) is 1.73. The lowest BCUT2D eigenvalue weighted by Crippen LogP contribution is -2.56. The molecule has 1 aromatic carbocycles. The third-order valence-electron chi connectivity index (χ3n) is 5.69. The SMILES string of the molecule is O=C(c1cccc2cc[nH]c12)N1CC[C@@]23OCCCN2C(=O)C[C@@H]13. The van der Waals surface area contributed by atoms with E-state index in [1.54, 1.807) is 0 Å². The van der Waals surface area contributed by atoms with Crippen LogP contribution >= 0.6 is 0 Å². The van der Waals surface area contributed by atoms with E-state index in [0.717, 1.165) is 23.9 Å². The van der Waals surface area contributed by atoms with Gasteiger partial charge in [0.1, 0.15) is 0 Å². The standard InChI is InChI=1S/C18H19N3O3/c22-15-11-14-18(21(15)8-2-10-24-18)6-9-20(14)17(23)13-4-1-3-12-5-7-19-16(12)13/h1,3-5,7,14,19H,2,6,8-11H2/t14-,18+/m1/s1. The van der Waals surface area contributed by atoms with Gasteiger partial charge in [0.25, 0.3) is 5.91 Å². The van der Waals surface area contributed by atoms with Crippen LogP contribution in [0.1, 0.15) is 29.6 Å². The fourth-order valence-corrected chi connectivity index (χ4v) is 4.61. The van der Waals surface area contributed by atoms with E-state index in [2.05, 4.69) is 4.98 Å². The topological polar surface area (TPSA) is 65.6 Å². The first-order chi connectivity index (χ1) is 11.7. The van der Waals surface area contributed by atoms with Crippen molar-refractivity contribution in [3.63, 3.8) is 0 Å². The molecule has 24 heavy (non-hydrogen) atoms. The molecular formula is C18H19N3O3. The number of carbonyl (C=O) groups is 2. The van der Waals surface area contributed by atoms with Gasteiger partial charge in [-0.05, 0) is 18.6 Å². The maximum absolute atomic E-state index is 13.2. The number of ether oxygens (including phenoxy) is 1. The number of rotatable bonds is 1. The number of aromatic nitrogens is 1. The third-order valence-corrected chi connectivity index (χ3v) is 5.69. The van der Waals surface area contributed by atoms with Gasteiger partial charge in [-0.15, -0.1) is 0 Å². The van der Waals surface area contributed by atoms with Gasteiger partial charge in [-0.25, -0.2) is 0 Å². The summed E-state index contributed by atoms with van der Waals surface area (Å²) in [5.74, 6) is 0.0871. The van der Waals surface area contributed by atoms with Crippen LogP contribution in [0.15, 0.2) is 30.5 Å². The zero-order valence-corrected chi connectivity index (χ0v) is 13.3. The van der Waals surface area contributed by atoms with Crippen molar-refractivity contribution >= 4 is 22.7 Å². The number of H-pyrrole nitrogens is 1. The Labute approximate surface area is 139 Å². The Morgan fingerprint density at radius 1 is 1.29 bits per heavy atom. The number of para-hydroxylation sites is 1. The molecule has 6 nitrogen and oxygen atoms in total. The minimum Gasteiger partial charge on any atom is -0.361 e. The molecule has 0 aliphatic carbocycles. The van der Waals surface area contributed by atoms with Gasteiger partial charge < -0.3 is 19.5 Å². The molecular weight excluding hydrogens is 306 g/mol. The van der Waals surface area contributed by atoms with E-state index < -0.39 is 5.72 Å². The molecule has 2 atom stereocenters. The summed E-state index contributed by atoms with van der Waals surface area (Å²) in [5.41, 5.74) is 0.930. The van der Waals surface area contributed by atoms with E-state index in [1.165, 1.54) is 0 Å². The van der Waals surface area contributed by atoms with E-state index in [0.29, 0.717) is 31.6 Å². The Morgan fingerprint density at radius 3 is 3.12 bits per heavy atom. The van der Waals surface area contributed by atoms with E-state index in [1.807, 2.05) is 40.3 Å². The van der Waals surface area contributed by atoms with Gasteiger partial charge in [0, 0.05) is 31.1 Å². The Morgan fingerprint density at radius 2 is 2.21 bits per heavy atom. The van der Waals surface area contributed by atoms with Gasteiger partial charge in [0.15, 0.2) is 5.72 Å². The average molecular weight is 325 g/mol. The molecule has 1 N–H and O–H groups in total. The van der Waals surface area contributed by atoms with Crippen molar-refractivity contribution in [2.75, 3.05) is 19.7 Å². The molecule has 3 saturated heterocycles. The predicted molar refractivity (Wildman–Crippen MR) is 87.4 cm³/mol. The fraction of sp³-hybridized carbons (Fsp3) is 0.444. The van der Waals surface area contributed by atoms with Crippen molar-refractivity contribution < 1.29 is 14.3 Å². The third kappa shape index (κ3) is 1.69. The Kier molecular flexibility index (Phi) is 2.83. The van der Waals surface area contributed by atoms with Crippen molar-refractivity contribution in [2.24, 2.45) is 0 Å². The molecule has 0 saturated carbocycles. The van der Waals surface area contributed by atoms with E-state index >= 15 is 0 Å². The molecule has 4 heterocycles. The zero-order chi connectivity index (χ0) is 16.3. The second-order valence-electron chi connectivity index (χ2n) is 6.81. The van der Waals surface area contributed by atoms with Crippen LogP contribution in [0.4, 0.5) is 0 Å². The molecule has 3 aliphatic heterocycles. The fourth-order valence-electron chi connectivity index (χ4n) is 4.61. The van der Waals surface area contributed by atoms with Crippen LogP contribution in [-0.2, 0) is 9.53 Å². The van der Waals surface area contributed by atoms with Crippen LogP contribution < -0.4 is 0 Å². The number of nitrogens with zero attached hydrogens (tertiary/aromatic N) is 2. The highest BCUT2D eigenvalue weighted by molar-refractivity contribution is 6.06. The summed E-state index contributed by atoms with van der Waals surface area (Å²) in [6.45, 7) is 2.03. The molecule has 3 aliphatic rings. The number of hydrogen-bond acceptors (Lipinski definition) is 3. The number of fused-ring (bicyclic) bond motifs is 1. The normalized spacial score (nSPS) is 29.2. The minimum atomic E-state index is -0.589. The molecule has 2 amide bonds. The molecule has 6 heteroatoms. The first kappa shape index (κ1) is 14.0. The van der Waals surface area contributed by atoms with Crippen molar-refractivity contribution in [1.82, 2.24) is 14.8 Å². The average Bonchev–Trinajstić information content (AvgIpc) is 3.26. The first-order valence-electron chi connectivity index (χ1n) is 8.52. The monoisotopic (exact) mass is 325 g/mol. The minimum absolute atomic E-state index is 0.0197. The summed E-state index contributed by atoms with van der Waals surface area (Å²) in [6, 6.07) is 7.52. The molecule has 0 bridgehead atoms. The Bertz CT molecular complexity index is 845. The number of amides is 2. The van der Waals surface area contributed by atoms with Crippen LogP contribution in [0, 0.1) is 0 Å². The summed E-state index contributed by atoms with van der Waals surface area (Å²) < 4.78 is 6.08. The summed E-state index contributed by atoms with van der Waals surface area (Å²) in [4.78, 5) is 32.5. The van der Waals surface area contributed by atoms with Crippen molar-refractivity contribution in [1.29, 1.82) is 0 Å². The van der Waals surface area contributed by atoms with Crippen LogP contribution in [0.3, 0.4) is 0 Å². The van der Waals surface area contributed by atoms with Crippen LogP contribution in [-0.4, -0.2) is 58.1 Å². The number of aromatic amines is 1. The van der Waals surface area contributed by atoms with E-state index in [9.17, 15) is 9.59 Å². The Balaban J connectivity index is 1.53. The summed E-state index contributed by atoms with van der Waals surface area (Å²) in [6.07, 6.45) is 3.79. The van der Waals surface area contributed by atoms with Crippen LogP contribution in [0.25, 0.3) is 10.9 Å². The molecule has 2 aromatic rings. The summed E-state index contributed by atoms with van der Waals surface area (Å²) in [7, 11) is 0. The highest BCUT2D eigenvalue weighted by atomic mass is 16.5. The number of nitrogens with one attached hydrogen (secondary N) is 1. The van der Waals surface area contributed by atoms with Gasteiger partial charge in [0.2, 0.25) is 5.91 Å². The Hall–Kier alpha value is -2.34. The highest BCUT2D eigenvalue weighted by Crippen LogP contribution is 2.45. The number of likely N-dealkylation sites (tertiary alicyclic amines) is 1. The second-order valence-corrected chi connectivity index (χ2v) is 6.81. The lowest BCUT2D eigenvalue weighted by atomic mass is 10.0.